The molecule has 1 aromatic rings. The third-order valence-electron chi connectivity index (χ3n) is 3.19. The zero-order chi connectivity index (χ0) is 16.7. The van der Waals surface area contributed by atoms with Crippen molar-refractivity contribution >= 4 is 17.7 Å². The molecule has 3 N–H and O–H groups in total. The highest BCUT2D eigenvalue weighted by molar-refractivity contribution is 5.89. The molecule has 4 amide bonds. The van der Waals surface area contributed by atoms with Crippen LogP contribution in [0.1, 0.15) is 6.92 Å². The standard InChI is InChI=1S/C16H22N4O3/c1-12(2)11-23-14-5-3-4-13(10-14)19-15(21)17-6-8-20-9-7-18-16(20)22/h3-5,10H,1,6-9,11H2,2H3,(H,18,22)(H2,17,19,21). The van der Waals surface area contributed by atoms with Gasteiger partial charge >= 0.3 is 12.1 Å². The van der Waals surface area contributed by atoms with Crippen molar-refractivity contribution in [2.75, 3.05) is 38.1 Å². The van der Waals surface area contributed by atoms with E-state index in [1.54, 1.807) is 23.1 Å². The van der Waals surface area contributed by atoms with Crippen LogP contribution in [0.3, 0.4) is 0 Å². The van der Waals surface area contributed by atoms with Crippen LogP contribution in [0.5, 0.6) is 5.75 Å². The Morgan fingerprint density at radius 3 is 3.00 bits per heavy atom. The average Bonchev–Trinajstić information content (AvgIpc) is 2.91. The van der Waals surface area contributed by atoms with Crippen molar-refractivity contribution in [2.24, 2.45) is 0 Å². The number of nitrogens with zero attached hydrogens (tertiary/aromatic N) is 1. The smallest absolute Gasteiger partial charge is 0.319 e. The Morgan fingerprint density at radius 2 is 2.30 bits per heavy atom. The van der Waals surface area contributed by atoms with Crippen LogP contribution < -0.4 is 20.7 Å². The van der Waals surface area contributed by atoms with Gasteiger partial charge in [0, 0.05) is 37.9 Å². The second-order valence-corrected chi connectivity index (χ2v) is 5.37. The third kappa shape index (κ3) is 5.54. The lowest BCUT2D eigenvalue weighted by Gasteiger charge is -2.14. The first-order valence-corrected chi connectivity index (χ1v) is 7.49. The van der Waals surface area contributed by atoms with Crippen molar-refractivity contribution in [3.8, 4) is 5.75 Å². The fourth-order valence-corrected chi connectivity index (χ4v) is 2.07. The summed E-state index contributed by atoms with van der Waals surface area (Å²) in [6, 6.07) is 6.74. The summed E-state index contributed by atoms with van der Waals surface area (Å²) in [5, 5.41) is 8.17. The molecule has 0 atom stereocenters. The first-order valence-electron chi connectivity index (χ1n) is 7.49. The molecule has 7 heteroatoms. The lowest BCUT2D eigenvalue weighted by atomic mass is 10.3. The Hall–Kier alpha value is -2.70. The van der Waals surface area contributed by atoms with Crippen LogP contribution in [0.15, 0.2) is 36.4 Å². The van der Waals surface area contributed by atoms with E-state index in [0.29, 0.717) is 44.2 Å². The molecular weight excluding hydrogens is 296 g/mol. The maximum atomic E-state index is 11.8. The number of benzene rings is 1. The summed E-state index contributed by atoms with van der Waals surface area (Å²) in [5.74, 6) is 0.666. The van der Waals surface area contributed by atoms with Gasteiger partial charge in [-0.25, -0.2) is 9.59 Å². The van der Waals surface area contributed by atoms with Gasteiger partial charge in [0.15, 0.2) is 0 Å². The second kappa shape index (κ2) is 8.07. The molecule has 1 fully saturated rings. The van der Waals surface area contributed by atoms with Crippen LogP contribution in [0, 0.1) is 0 Å². The first-order chi connectivity index (χ1) is 11.0. The quantitative estimate of drug-likeness (QED) is 0.670. The molecule has 0 spiro atoms. The molecule has 0 aromatic heterocycles. The zero-order valence-electron chi connectivity index (χ0n) is 13.2. The number of rotatable bonds is 7. The predicted octanol–water partition coefficient (Wildman–Crippen LogP) is 1.79. The minimum Gasteiger partial charge on any atom is -0.489 e. The van der Waals surface area contributed by atoms with Gasteiger partial charge in [0.05, 0.1) is 0 Å². The molecule has 0 saturated carbocycles. The van der Waals surface area contributed by atoms with Gasteiger partial charge in [-0.2, -0.15) is 0 Å². The molecule has 2 rings (SSSR count). The molecule has 0 aliphatic carbocycles. The van der Waals surface area contributed by atoms with Gasteiger partial charge in [-0.15, -0.1) is 0 Å². The molecule has 1 aliphatic rings. The van der Waals surface area contributed by atoms with Gasteiger partial charge in [-0.3, -0.25) is 0 Å². The van der Waals surface area contributed by atoms with E-state index in [1.165, 1.54) is 0 Å². The van der Waals surface area contributed by atoms with Gasteiger partial charge < -0.3 is 25.6 Å². The van der Waals surface area contributed by atoms with E-state index in [1.807, 2.05) is 13.0 Å². The fraction of sp³-hybridized carbons (Fsp3) is 0.375. The topological polar surface area (TPSA) is 82.7 Å². The molecule has 23 heavy (non-hydrogen) atoms. The summed E-state index contributed by atoms with van der Waals surface area (Å²) in [6.45, 7) is 8.31. The summed E-state index contributed by atoms with van der Waals surface area (Å²) in [7, 11) is 0. The Bertz CT molecular complexity index is 588. The van der Waals surface area contributed by atoms with E-state index in [2.05, 4.69) is 22.5 Å². The number of hydrogen-bond donors (Lipinski definition) is 3. The fourth-order valence-electron chi connectivity index (χ4n) is 2.07. The van der Waals surface area contributed by atoms with E-state index in [4.69, 9.17) is 4.74 Å². The summed E-state index contributed by atoms with van der Waals surface area (Å²) >= 11 is 0. The molecule has 124 valence electrons. The van der Waals surface area contributed by atoms with Crippen LogP contribution in [-0.2, 0) is 0 Å². The van der Waals surface area contributed by atoms with Gasteiger partial charge in [0.2, 0.25) is 0 Å². The molecule has 1 aromatic carbocycles. The zero-order valence-corrected chi connectivity index (χ0v) is 13.2. The number of hydrogen-bond acceptors (Lipinski definition) is 3. The van der Waals surface area contributed by atoms with Crippen molar-refractivity contribution in [1.29, 1.82) is 0 Å². The number of carbonyl (C=O) groups excluding carboxylic acids is 2. The Labute approximate surface area is 135 Å². The van der Waals surface area contributed by atoms with Gasteiger partial charge in [-0.1, -0.05) is 12.6 Å². The summed E-state index contributed by atoms with van der Waals surface area (Å²) < 4.78 is 5.53. The summed E-state index contributed by atoms with van der Waals surface area (Å²) in [4.78, 5) is 24.9. The lowest BCUT2D eigenvalue weighted by Crippen LogP contribution is -2.38. The highest BCUT2D eigenvalue weighted by Gasteiger charge is 2.18. The van der Waals surface area contributed by atoms with Crippen LogP contribution in [-0.4, -0.2) is 49.7 Å². The number of carbonyl (C=O) groups is 2. The molecule has 0 unspecified atom stereocenters. The van der Waals surface area contributed by atoms with Crippen molar-refractivity contribution in [2.45, 2.75) is 6.92 Å². The van der Waals surface area contributed by atoms with Crippen LogP contribution in [0.25, 0.3) is 0 Å². The predicted molar refractivity (Wildman–Crippen MR) is 88.7 cm³/mol. The summed E-state index contributed by atoms with van der Waals surface area (Å²) in [5.41, 5.74) is 1.56. The monoisotopic (exact) mass is 318 g/mol. The van der Waals surface area contributed by atoms with Crippen LogP contribution >= 0.6 is 0 Å². The summed E-state index contributed by atoms with van der Waals surface area (Å²) in [6.07, 6.45) is 0. The maximum absolute atomic E-state index is 11.8. The normalized spacial score (nSPS) is 13.4. The highest BCUT2D eigenvalue weighted by Crippen LogP contribution is 2.17. The van der Waals surface area contributed by atoms with Gasteiger partial charge in [-0.05, 0) is 24.6 Å². The van der Waals surface area contributed by atoms with Crippen LogP contribution in [0.4, 0.5) is 15.3 Å². The third-order valence-corrected chi connectivity index (χ3v) is 3.19. The van der Waals surface area contributed by atoms with E-state index >= 15 is 0 Å². The molecular formula is C16H22N4O3. The van der Waals surface area contributed by atoms with Crippen molar-refractivity contribution < 1.29 is 14.3 Å². The number of anilines is 1. The minimum absolute atomic E-state index is 0.0884. The second-order valence-electron chi connectivity index (χ2n) is 5.37. The maximum Gasteiger partial charge on any atom is 0.319 e. The van der Waals surface area contributed by atoms with Gasteiger partial charge in [0.25, 0.3) is 0 Å². The first kappa shape index (κ1) is 16.7. The molecule has 0 radical (unpaired) electrons. The molecule has 1 aliphatic heterocycles. The van der Waals surface area contributed by atoms with Crippen molar-refractivity contribution in [3.05, 3.63) is 36.4 Å². The van der Waals surface area contributed by atoms with E-state index in [9.17, 15) is 9.59 Å². The van der Waals surface area contributed by atoms with Crippen LogP contribution in [0.2, 0.25) is 0 Å². The average molecular weight is 318 g/mol. The largest absolute Gasteiger partial charge is 0.489 e. The number of nitrogens with one attached hydrogen (secondary N) is 3. The highest BCUT2D eigenvalue weighted by atomic mass is 16.5. The minimum atomic E-state index is -0.318. The lowest BCUT2D eigenvalue weighted by molar-refractivity contribution is 0.216. The molecule has 1 heterocycles. The Morgan fingerprint density at radius 1 is 1.48 bits per heavy atom. The van der Waals surface area contributed by atoms with E-state index in [-0.39, 0.29) is 12.1 Å². The van der Waals surface area contributed by atoms with Gasteiger partial charge in [0.1, 0.15) is 12.4 Å². The number of amides is 4. The molecule has 0 bridgehead atoms. The SMILES string of the molecule is C=C(C)COc1cccc(NC(=O)NCCN2CCNC2=O)c1. The molecule has 7 nitrogen and oxygen atoms in total. The molecule has 1 saturated heterocycles. The van der Waals surface area contributed by atoms with E-state index in [0.717, 1.165) is 5.57 Å². The number of ether oxygens (including phenoxy) is 1. The van der Waals surface area contributed by atoms with E-state index < -0.39 is 0 Å². The number of urea groups is 2. The Balaban J connectivity index is 1.75. The van der Waals surface area contributed by atoms with Crippen molar-refractivity contribution in [3.63, 3.8) is 0 Å². The van der Waals surface area contributed by atoms with Crippen molar-refractivity contribution in [1.82, 2.24) is 15.5 Å². The Kier molecular flexibility index (Phi) is 5.85.